The molecule has 1 N–H and O–H groups in total. The Bertz CT molecular complexity index is 1330. The van der Waals surface area contributed by atoms with Crippen LogP contribution in [0.2, 0.25) is 0 Å². The minimum atomic E-state index is -1.66. The number of aliphatic hydroxyl groups is 1. The van der Waals surface area contributed by atoms with E-state index in [1.807, 2.05) is 6.92 Å². The highest BCUT2D eigenvalue weighted by atomic mass is 19.1. The van der Waals surface area contributed by atoms with Crippen LogP contribution >= 0.6 is 0 Å². The Hall–Kier alpha value is -3.06. The molecule has 0 spiro atoms. The highest BCUT2D eigenvalue weighted by Crippen LogP contribution is 2.41. The summed E-state index contributed by atoms with van der Waals surface area (Å²) in [5, 5.41) is 11.8. The Balaban J connectivity index is 1.81. The monoisotopic (exact) mass is 408 g/mol. The van der Waals surface area contributed by atoms with Crippen molar-refractivity contribution in [3.63, 3.8) is 0 Å². The summed E-state index contributed by atoms with van der Waals surface area (Å²) >= 11 is 0. The van der Waals surface area contributed by atoms with Crippen LogP contribution in [0.3, 0.4) is 0 Å². The van der Waals surface area contributed by atoms with Gasteiger partial charge in [0.05, 0.1) is 30.6 Å². The van der Waals surface area contributed by atoms with E-state index < -0.39 is 11.4 Å². The number of hydrogen-bond acceptors (Lipinski definition) is 5. The minimum absolute atomic E-state index is 0.141. The third-order valence-corrected chi connectivity index (χ3v) is 6.62. The van der Waals surface area contributed by atoms with Crippen LogP contribution in [-0.2, 0) is 23.4 Å². The molecule has 0 bridgehead atoms. The van der Waals surface area contributed by atoms with Crippen molar-refractivity contribution in [2.75, 3.05) is 7.11 Å². The van der Waals surface area contributed by atoms with Gasteiger partial charge in [-0.15, -0.1) is 0 Å². The van der Waals surface area contributed by atoms with Crippen molar-refractivity contribution in [1.82, 2.24) is 9.55 Å². The zero-order valence-corrected chi connectivity index (χ0v) is 17.0. The summed E-state index contributed by atoms with van der Waals surface area (Å²) in [6, 6.07) is 4.67. The Morgan fingerprint density at radius 3 is 2.70 bits per heavy atom. The van der Waals surface area contributed by atoms with E-state index in [1.54, 1.807) is 23.6 Å². The number of halogens is 1. The molecule has 0 saturated heterocycles. The Morgan fingerprint density at radius 2 is 2.00 bits per heavy atom. The molecule has 2 aromatic heterocycles. The Labute approximate surface area is 171 Å². The second kappa shape index (κ2) is 6.22. The molecule has 0 fully saturated rings. The van der Waals surface area contributed by atoms with Gasteiger partial charge in [-0.2, -0.15) is 0 Å². The number of aryl methyl sites for hydroxylation is 1. The molecule has 6 nitrogen and oxygen atoms in total. The van der Waals surface area contributed by atoms with Gasteiger partial charge in [0, 0.05) is 34.6 Å². The topological polar surface area (TPSA) is 81.4 Å². The molecule has 3 heterocycles. The van der Waals surface area contributed by atoms with Crippen LogP contribution in [0.5, 0.6) is 5.75 Å². The van der Waals surface area contributed by atoms with E-state index in [9.17, 15) is 19.1 Å². The van der Waals surface area contributed by atoms with E-state index in [2.05, 4.69) is 4.98 Å². The number of carbonyl (C=O) groups is 1. The third-order valence-electron chi connectivity index (χ3n) is 6.62. The highest BCUT2D eigenvalue weighted by Gasteiger charge is 2.43. The third kappa shape index (κ3) is 2.29. The van der Waals surface area contributed by atoms with E-state index >= 15 is 0 Å². The molecule has 0 radical (unpaired) electrons. The molecule has 1 aliphatic carbocycles. The molecular formula is C23H21FN2O4. The second-order valence-electron chi connectivity index (χ2n) is 8.02. The lowest BCUT2D eigenvalue weighted by Gasteiger charge is -2.32. The normalized spacial score (nSPS) is 19.6. The van der Waals surface area contributed by atoms with Crippen LogP contribution in [-0.4, -0.2) is 27.6 Å². The van der Waals surface area contributed by atoms with Crippen molar-refractivity contribution < 1.29 is 19.0 Å². The van der Waals surface area contributed by atoms with Crippen molar-refractivity contribution in [1.29, 1.82) is 0 Å². The lowest BCUT2D eigenvalue weighted by Crippen LogP contribution is -2.43. The van der Waals surface area contributed by atoms with Gasteiger partial charge in [-0.05, 0) is 37.5 Å². The molecule has 1 atom stereocenters. The number of fused-ring (bicyclic) bond motifs is 5. The summed E-state index contributed by atoms with van der Waals surface area (Å²) in [4.78, 5) is 30.4. The van der Waals surface area contributed by atoms with Crippen LogP contribution < -0.4 is 10.3 Å². The first kappa shape index (κ1) is 18.9. The van der Waals surface area contributed by atoms with Crippen LogP contribution in [0.4, 0.5) is 4.39 Å². The van der Waals surface area contributed by atoms with Gasteiger partial charge < -0.3 is 14.4 Å². The number of benzene rings is 1. The van der Waals surface area contributed by atoms with Gasteiger partial charge in [-0.3, -0.25) is 9.59 Å². The quantitative estimate of drug-likeness (QED) is 0.552. The maximum absolute atomic E-state index is 14.3. The Morgan fingerprint density at radius 1 is 1.23 bits per heavy atom. The predicted octanol–water partition coefficient (Wildman–Crippen LogP) is 2.99. The summed E-state index contributed by atoms with van der Waals surface area (Å²) in [5.74, 6) is -0.637. The molecule has 0 saturated carbocycles. The van der Waals surface area contributed by atoms with Crippen molar-refractivity contribution >= 4 is 16.7 Å². The molecule has 1 aromatic carbocycles. The molecule has 1 aliphatic heterocycles. The van der Waals surface area contributed by atoms with Gasteiger partial charge in [-0.25, -0.2) is 9.37 Å². The van der Waals surface area contributed by atoms with E-state index in [-0.39, 0.29) is 29.9 Å². The number of pyridine rings is 2. The average Bonchev–Trinajstić information content (AvgIpc) is 3.10. The standard InChI is InChI=1S/C23H21FN2O4/c1-4-23(29)15-8-18-21-14(10-26(18)22(28)12(15)5-6-20(23)27)11(2)13-7-19(30-3)16(24)9-17(13)25-21/h7-9,29H,4-6,10H2,1-3H3/t23-/m0/s1. The molecule has 3 aromatic rings. The van der Waals surface area contributed by atoms with Gasteiger partial charge in [0.1, 0.15) is 5.60 Å². The van der Waals surface area contributed by atoms with Crippen molar-refractivity contribution in [3.8, 4) is 17.1 Å². The maximum Gasteiger partial charge on any atom is 0.254 e. The summed E-state index contributed by atoms with van der Waals surface area (Å²) < 4.78 is 21.0. The fourth-order valence-corrected chi connectivity index (χ4v) is 4.82. The van der Waals surface area contributed by atoms with Crippen LogP contribution in [0.1, 0.15) is 42.0 Å². The van der Waals surface area contributed by atoms with Crippen molar-refractivity contribution in [3.05, 3.63) is 56.6 Å². The highest BCUT2D eigenvalue weighted by molar-refractivity contribution is 5.92. The SMILES string of the molecule is CC[C@@]1(O)C(=O)CCc2c1cc1n(c2=O)Cc2c-1nc1cc(F)c(OC)cc1c2C. The molecule has 0 amide bonds. The number of Topliss-reactive ketones (excluding diaryl/α,β-unsaturated/α-hetero) is 1. The Kier molecular flexibility index (Phi) is 3.92. The van der Waals surface area contributed by atoms with Gasteiger partial charge in [0.15, 0.2) is 17.3 Å². The molecular weight excluding hydrogens is 387 g/mol. The summed E-state index contributed by atoms with van der Waals surface area (Å²) in [5.41, 5.74) is 2.39. The number of aromatic nitrogens is 2. The summed E-state index contributed by atoms with van der Waals surface area (Å²) in [6.07, 6.45) is 0.672. The number of rotatable bonds is 2. The zero-order valence-electron chi connectivity index (χ0n) is 17.0. The number of ketones is 1. The zero-order chi connectivity index (χ0) is 21.4. The number of ether oxygens (including phenoxy) is 1. The van der Waals surface area contributed by atoms with Gasteiger partial charge in [0.25, 0.3) is 5.56 Å². The summed E-state index contributed by atoms with van der Waals surface area (Å²) in [6.45, 7) is 4.00. The fraction of sp³-hybridized carbons (Fsp3) is 0.348. The van der Waals surface area contributed by atoms with Crippen LogP contribution in [0.15, 0.2) is 23.0 Å². The molecule has 30 heavy (non-hydrogen) atoms. The minimum Gasteiger partial charge on any atom is -0.494 e. The van der Waals surface area contributed by atoms with Gasteiger partial charge in [-0.1, -0.05) is 6.92 Å². The fourth-order valence-electron chi connectivity index (χ4n) is 4.82. The molecule has 154 valence electrons. The molecule has 5 rings (SSSR count). The van der Waals surface area contributed by atoms with Crippen LogP contribution in [0.25, 0.3) is 22.3 Å². The van der Waals surface area contributed by atoms with E-state index in [0.717, 1.165) is 16.5 Å². The predicted molar refractivity (Wildman–Crippen MR) is 109 cm³/mol. The first-order chi connectivity index (χ1) is 14.3. The van der Waals surface area contributed by atoms with E-state index in [1.165, 1.54) is 13.2 Å². The number of hydrogen-bond donors (Lipinski definition) is 1. The molecule has 2 aliphatic rings. The number of carbonyl (C=O) groups excluding carboxylic acids is 1. The molecule has 7 heteroatoms. The first-order valence-corrected chi connectivity index (χ1v) is 10.00. The second-order valence-corrected chi connectivity index (χ2v) is 8.02. The van der Waals surface area contributed by atoms with Crippen molar-refractivity contribution in [2.45, 2.75) is 45.3 Å². The average molecular weight is 408 g/mol. The molecule has 0 unspecified atom stereocenters. The smallest absolute Gasteiger partial charge is 0.254 e. The van der Waals surface area contributed by atoms with Crippen molar-refractivity contribution in [2.24, 2.45) is 0 Å². The lowest BCUT2D eigenvalue weighted by atomic mass is 9.77. The number of nitrogens with zero attached hydrogens (tertiary/aromatic N) is 2. The summed E-state index contributed by atoms with van der Waals surface area (Å²) in [7, 11) is 1.41. The van der Waals surface area contributed by atoms with E-state index in [4.69, 9.17) is 4.74 Å². The van der Waals surface area contributed by atoms with Crippen LogP contribution in [0, 0.1) is 12.7 Å². The van der Waals surface area contributed by atoms with E-state index in [0.29, 0.717) is 41.0 Å². The lowest BCUT2D eigenvalue weighted by molar-refractivity contribution is -0.140. The number of methoxy groups -OCH3 is 1. The maximum atomic E-state index is 14.3. The first-order valence-electron chi connectivity index (χ1n) is 10.00. The largest absolute Gasteiger partial charge is 0.494 e. The van der Waals surface area contributed by atoms with Gasteiger partial charge >= 0.3 is 0 Å². The van der Waals surface area contributed by atoms with Gasteiger partial charge in [0.2, 0.25) is 0 Å².